The van der Waals surface area contributed by atoms with Crippen LogP contribution in [-0.2, 0) is 4.79 Å². The zero-order valence-electron chi connectivity index (χ0n) is 12.5. The largest absolute Gasteiger partial charge is 0.482 e. The van der Waals surface area contributed by atoms with Gasteiger partial charge in [0, 0.05) is 5.56 Å². The number of nitrogens with zero attached hydrogens (tertiary/aromatic N) is 1. The van der Waals surface area contributed by atoms with E-state index in [-0.39, 0.29) is 29.2 Å². The van der Waals surface area contributed by atoms with E-state index in [2.05, 4.69) is 11.4 Å². The summed E-state index contributed by atoms with van der Waals surface area (Å²) < 4.78 is 5.36. The maximum atomic E-state index is 11.9. The van der Waals surface area contributed by atoms with Gasteiger partial charge in [-0.1, -0.05) is 11.6 Å². The number of nitrogens with one attached hydrogen (secondary N) is 1. The van der Waals surface area contributed by atoms with Crippen LogP contribution in [0.2, 0.25) is 5.02 Å². The molecule has 2 rings (SSSR count). The van der Waals surface area contributed by atoms with Crippen LogP contribution < -0.4 is 10.1 Å². The molecule has 0 radical (unpaired) electrons. The van der Waals surface area contributed by atoms with Crippen LogP contribution in [0.25, 0.3) is 0 Å². The molecule has 6 heteroatoms. The Morgan fingerprint density at radius 1 is 1.50 bits per heavy atom. The fourth-order valence-electron chi connectivity index (χ4n) is 2.19. The molecule has 5 nitrogen and oxygen atoms in total. The number of halogens is 1. The predicted octanol–water partition coefficient (Wildman–Crippen LogP) is 2.73. The van der Waals surface area contributed by atoms with Crippen molar-refractivity contribution in [1.82, 2.24) is 5.32 Å². The number of rotatable bonds is 6. The standard InChI is InChI=1S/C16H17ClN2O3/c1-10(20)11-3-6-14(13(17)7-11)22-8-15(21)19-16(2,9-18)12-4-5-12/h3,6-7,12H,4-5,8H2,1-2H3,(H,19,21)/t16-/m0/s1. The number of amides is 1. The van der Waals surface area contributed by atoms with Crippen molar-refractivity contribution in [2.45, 2.75) is 32.2 Å². The predicted molar refractivity (Wildman–Crippen MR) is 81.8 cm³/mol. The van der Waals surface area contributed by atoms with Crippen molar-refractivity contribution in [3.05, 3.63) is 28.8 Å². The van der Waals surface area contributed by atoms with Gasteiger partial charge in [-0.3, -0.25) is 9.59 Å². The topological polar surface area (TPSA) is 79.2 Å². The van der Waals surface area contributed by atoms with Gasteiger partial charge in [0.1, 0.15) is 11.3 Å². The van der Waals surface area contributed by atoms with Crippen LogP contribution in [0.3, 0.4) is 0 Å². The Balaban J connectivity index is 1.94. The summed E-state index contributed by atoms with van der Waals surface area (Å²) in [5.41, 5.74) is -0.365. The molecule has 1 aromatic carbocycles. The third-order valence-corrected chi connectivity index (χ3v) is 4.02. The molecular weight excluding hydrogens is 304 g/mol. The van der Waals surface area contributed by atoms with Crippen LogP contribution in [0.4, 0.5) is 0 Å². The highest BCUT2D eigenvalue weighted by Gasteiger charge is 2.43. The number of hydrogen-bond donors (Lipinski definition) is 1. The summed E-state index contributed by atoms with van der Waals surface area (Å²) in [5, 5.41) is 12.2. The van der Waals surface area contributed by atoms with Crippen molar-refractivity contribution in [2.24, 2.45) is 5.92 Å². The molecule has 0 unspecified atom stereocenters. The van der Waals surface area contributed by atoms with Gasteiger partial charge in [0.2, 0.25) is 0 Å². The van der Waals surface area contributed by atoms with E-state index in [0.717, 1.165) is 12.8 Å². The molecule has 1 aliphatic carbocycles. The molecule has 1 aromatic rings. The Bertz CT molecular complexity index is 649. The molecule has 0 spiro atoms. The van der Waals surface area contributed by atoms with Gasteiger partial charge in [-0.25, -0.2) is 0 Å². The van der Waals surface area contributed by atoms with Gasteiger partial charge in [-0.15, -0.1) is 0 Å². The van der Waals surface area contributed by atoms with E-state index >= 15 is 0 Å². The average molecular weight is 321 g/mol. The number of hydrogen-bond acceptors (Lipinski definition) is 4. The van der Waals surface area contributed by atoms with Gasteiger partial charge in [0.05, 0.1) is 11.1 Å². The maximum Gasteiger partial charge on any atom is 0.259 e. The number of carbonyl (C=O) groups is 2. The zero-order valence-corrected chi connectivity index (χ0v) is 13.2. The lowest BCUT2D eigenvalue weighted by Gasteiger charge is -2.22. The third-order valence-electron chi connectivity index (χ3n) is 3.72. The van der Waals surface area contributed by atoms with Gasteiger partial charge in [0.25, 0.3) is 5.91 Å². The molecule has 1 aliphatic rings. The number of benzene rings is 1. The highest BCUT2D eigenvalue weighted by Crippen LogP contribution is 2.39. The Hall–Kier alpha value is -2.06. The molecule has 116 valence electrons. The highest BCUT2D eigenvalue weighted by atomic mass is 35.5. The second kappa shape index (κ2) is 6.37. The van der Waals surface area contributed by atoms with Crippen molar-refractivity contribution in [3.63, 3.8) is 0 Å². The Morgan fingerprint density at radius 2 is 2.18 bits per heavy atom. The first-order valence-corrected chi connectivity index (χ1v) is 7.39. The number of Topliss-reactive ketones (excluding diaryl/α,β-unsaturated/α-hetero) is 1. The highest BCUT2D eigenvalue weighted by molar-refractivity contribution is 6.32. The number of ether oxygens (including phenoxy) is 1. The zero-order chi connectivity index (χ0) is 16.3. The number of carbonyl (C=O) groups excluding carboxylic acids is 2. The van der Waals surface area contributed by atoms with Crippen LogP contribution in [-0.4, -0.2) is 23.8 Å². The van der Waals surface area contributed by atoms with Gasteiger partial charge >= 0.3 is 0 Å². The van der Waals surface area contributed by atoms with Crippen LogP contribution in [0, 0.1) is 17.2 Å². The van der Waals surface area contributed by atoms with Crippen molar-refractivity contribution in [3.8, 4) is 11.8 Å². The molecule has 0 heterocycles. The van der Waals surface area contributed by atoms with Crippen molar-refractivity contribution in [2.75, 3.05) is 6.61 Å². The van der Waals surface area contributed by atoms with Gasteiger partial charge in [0.15, 0.2) is 12.4 Å². The van der Waals surface area contributed by atoms with E-state index < -0.39 is 5.54 Å². The van der Waals surface area contributed by atoms with E-state index in [4.69, 9.17) is 16.3 Å². The minimum absolute atomic E-state index is 0.0968. The maximum absolute atomic E-state index is 11.9. The molecular formula is C16H17ClN2O3. The number of nitriles is 1. The van der Waals surface area contributed by atoms with E-state index in [1.807, 2.05) is 0 Å². The molecule has 1 fully saturated rings. The van der Waals surface area contributed by atoms with Crippen molar-refractivity contribution < 1.29 is 14.3 Å². The molecule has 1 saturated carbocycles. The molecule has 22 heavy (non-hydrogen) atoms. The van der Waals surface area contributed by atoms with Crippen LogP contribution >= 0.6 is 11.6 Å². The molecule has 1 amide bonds. The molecule has 0 bridgehead atoms. The second-order valence-corrected chi connectivity index (χ2v) is 6.03. The molecule has 0 saturated heterocycles. The van der Waals surface area contributed by atoms with Gasteiger partial charge < -0.3 is 10.1 Å². The normalized spacial score (nSPS) is 16.3. The quantitative estimate of drug-likeness (QED) is 0.817. The number of ketones is 1. The first-order chi connectivity index (χ1) is 10.4. The first kappa shape index (κ1) is 16.3. The summed E-state index contributed by atoms with van der Waals surface area (Å²) in [6, 6.07) is 6.79. The molecule has 0 aromatic heterocycles. The van der Waals surface area contributed by atoms with Crippen LogP contribution in [0.15, 0.2) is 18.2 Å². The Labute approximate surface area is 134 Å². The Kier molecular flexibility index (Phi) is 4.72. The summed E-state index contributed by atoms with van der Waals surface area (Å²) in [5.74, 6) is 0.0647. The van der Waals surface area contributed by atoms with Crippen LogP contribution in [0.1, 0.15) is 37.0 Å². The van der Waals surface area contributed by atoms with Crippen molar-refractivity contribution >= 4 is 23.3 Å². The van der Waals surface area contributed by atoms with E-state index in [1.165, 1.54) is 13.0 Å². The van der Waals surface area contributed by atoms with Crippen molar-refractivity contribution in [1.29, 1.82) is 5.26 Å². The summed E-state index contributed by atoms with van der Waals surface area (Å²) in [4.78, 5) is 23.2. The van der Waals surface area contributed by atoms with E-state index in [1.54, 1.807) is 19.1 Å². The fraction of sp³-hybridized carbons (Fsp3) is 0.438. The minimum Gasteiger partial charge on any atom is -0.482 e. The third kappa shape index (κ3) is 3.77. The lowest BCUT2D eigenvalue weighted by molar-refractivity contribution is -0.124. The SMILES string of the molecule is CC(=O)c1ccc(OCC(=O)N[C@@](C)(C#N)C2CC2)c(Cl)c1. The summed E-state index contributed by atoms with van der Waals surface area (Å²) >= 11 is 6.02. The smallest absolute Gasteiger partial charge is 0.259 e. The monoisotopic (exact) mass is 320 g/mol. The van der Waals surface area contributed by atoms with Gasteiger partial charge in [-0.05, 0) is 50.8 Å². The molecule has 1 atom stereocenters. The van der Waals surface area contributed by atoms with Crippen LogP contribution in [0.5, 0.6) is 5.75 Å². The van der Waals surface area contributed by atoms with E-state index in [0.29, 0.717) is 11.3 Å². The summed E-state index contributed by atoms with van der Waals surface area (Å²) in [7, 11) is 0. The molecule has 1 N–H and O–H groups in total. The second-order valence-electron chi connectivity index (χ2n) is 5.63. The van der Waals surface area contributed by atoms with Gasteiger partial charge in [-0.2, -0.15) is 5.26 Å². The fourth-order valence-corrected chi connectivity index (χ4v) is 2.42. The van der Waals surface area contributed by atoms with E-state index in [9.17, 15) is 14.9 Å². The molecule has 0 aliphatic heterocycles. The summed E-state index contributed by atoms with van der Waals surface area (Å²) in [6.45, 7) is 2.93. The minimum atomic E-state index is -0.845. The first-order valence-electron chi connectivity index (χ1n) is 7.01. The average Bonchev–Trinajstić information content (AvgIpc) is 3.30. The lowest BCUT2D eigenvalue weighted by atomic mass is 9.98. The Morgan fingerprint density at radius 3 is 2.68 bits per heavy atom. The summed E-state index contributed by atoms with van der Waals surface area (Å²) in [6.07, 6.45) is 1.90. The lowest BCUT2D eigenvalue weighted by Crippen LogP contribution is -2.48.